The summed E-state index contributed by atoms with van der Waals surface area (Å²) in [6.45, 7) is 0. The molecule has 2 heterocycles. The van der Waals surface area contributed by atoms with Crippen molar-refractivity contribution in [2.45, 2.75) is 12.8 Å². The third-order valence-electron chi connectivity index (χ3n) is 9.33. The summed E-state index contributed by atoms with van der Waals surface area (Å²) in [7, 11) is 0. The van der Waals surface area contributed by atoms with Crippen molar-refractivity contribution in [3.8, 4) is 11.5 Å². The summed E-state index contributed by atoms with van der Waals surface area (Å²) in [5.74, 6) is -0.0325. The second-order valence-corrected chi connectivity index (χ2v) is 11.1. The van der Waals surface area contributed by atoms with Crippen molar-refractivity contribution in [2.75, 3.05) is 9.80 Å². The van der Waals surface area contributed by atoms with Crippen LogP contribution in [0.4, 0.5) is 11.4 Å². The first kappa shape index (κ1) is 21.1. The Morgan fingerprint density at radius 3 is 1.24 bits per heavy atom. The van der Waals surface area contributed by atoms with Crippen LogP contribution in [0.15, 0.2) is 72.8 Å². The Morgan fingerprint density at radius 2 is 0.892 bits per heavy atom. The third kappa shape index (κ3) is 2.77. The van der Waals surface area contributed by atoms with Gasteiger partial charge in [0.25, 0.3) is 0 Å². The van der Waals surface area contributed by atoms with Crippen LogP contribution in [0.5, 0.6) is 11.5 Å². The van der Waals surface area contributed by atoms with Crippen LogP contribution >= 0.6 is 0 Å². The molecule has 4 aliphatic carbocycles. The van der Waals surface area contributed by atoms with Gasteiger partial charge in [0, 0.05) is 12.1 Å². The van der Waals surface area contributed by atoms with Crippen molar-refractivity contribution in [3.05, 3.63) is 72.8 Å². The van der Waals surface area contributed by atoms with Crippen molar-refractivity contribution in [1.29, 1.82) is 0 Å². The second kappa shape index (κ2) is 7.28. The zero-order valence-electron chi connectivity index (χ0n) is 19.9. The molecule has 184 valence electrons. The normalized spacial score (nSPS) is 36.3. The lowest BCUT2D eigenvalue weighted by atomic mass is 9.85. The van der Waals surface area contributed by atoms with Crippen LogP contribution in [0, 0.1) is 47.3 Å². The maximum atomic E-state index is 13.2. The van der Waals surface area contributed by atoms with E-state index in [1.54, 1.807) is 48.5 Å². The molecule has 4 fully saturated rings. The van der Waals surface area contributed by atoms with E-state index >= 15 is 0 Å². The zero-order chi connectivity index (χ0) is 25.0. The molecule has 2 aliphatic heterocycles. The fourth-order valence-electron chi connectivity index (χ4n) is 7.82. The van der Waals surface area contributed by atoms with Crippen LogP contribution in [0.25, 0.3) is 0 Å². The molecular formula is C30H24N2O5. The number of anilines is 2. The van der Waals surface area contributed by atoms with Gasteiger partial charge in [0.05, 0.1) is 35.0 Å². The van der Waals surface area contributed by atoms with E-state index in [0.29, 0.717) is 22.9 Å². The quantitative estimate of drug-likeness (QED) is 0.474. The maximum Gasteiger partial charge on any atom is 0.238 e. The molecule has 2 saturated heterocycles. The number of amides is 4. The molecule has 7 nitrogen and oxygen atoms in total. The Hall–Kier alpha value is -4.00. The molecule has 4 amide bonds. The summed E-state index contributed by atoms with van der Waals surface area (Å²) >= 11 is 0. The topological polar surface area (TPSA) is 84.0 Å². The van der Waals surface area contributed by atoms with Crippen molar-refractivity contribution in [2.24, 2.45) is 47.3 Å². The first-order valence-electron chi connectivity index (χ1n) is 13.0. The fraction of sp³-hybridized carbons (Fsp3) is 0.333. The maximum absolute atomic E-state index is 13.2. The Kier molecular flexibility index (Phi) is 4.15. The highest BCUT2D eigenvalue weighted by atomic mass is 16.5. The Morgan fingerprint density at radius 1 is 0.541 bits per heavy atom. The van der Waals surface area contributed by atoms with E-state index in [0.717, 1.165) is 12.8 Å². The van der Waals surface area contributed by atoms with Gasteiger partial charge < -0.3 is 4.74 Å². The summed E-state index contributed by atoms with van der Waals surface area (Å²) in [5.41, 5.74) is 0.997. The number of fused-ring (bicyclic) bond motifs is 10. The standard InChI is InChI=1S/C30H24N2O5/c33-27-23-15-7-8-16(11-15)24(23)28(34)31(27)19-3-1-5-21(13-19)37-22-6-2-4-20(14-22)32-29(35)25-17-9-10-18(12-17)26(25)30(32)36/h1-10,13-18,23-26H,11-12H2/t15?,16?,17?,18?,23-,24?,25?,26?/m0/s1. The molecule has 2 aromatic carbocycles. The third-order valence-corrected chi connectivity index (χ3v) is 9.33. The number of rotatable bonds is 4. The Labute approximate surface area is 213 Å². The van der Waals surface area contributed by atoms with E-state index in [9.17, 15) is 19.2 Å². The van der Waals surface area contributed by atoms with E-state index in [1.165, 1.54) is 9.80 Å². The number of benzene rings is 2. The molecule has 0 spiro atoms. The first-order chi connectivity index (χ1) is 18.0. The van der Waals surface area contributed by atoms with Crippen LogP contribution in [0.1, 0.15) is 12.8 Å². The molecule has 37 heavy (non-hydrogen) atoms. The molecule has 2 aromatic rings. The van der Waals surface area contributed by atoms with Crippen LogP contribution in [-0.4, -0.2) is 23.6 Å². The van der Waals surface area contributed by atoms with Crippen molar-refractivity contribution >= 4 is 35.0 Å². The van der Waals surface area contributed by atoms with Crippen molar-refractivity contribution < 1.29 is 23.9 Å². The van der Waals surface area contributed by atoms with Gasteiger partial charge in [-0.3, -0.25) is 19.2 Å². The number of hydrogen-bond acceptors (Lipinski definition) is 5. The van der Waals surface area contributed by atoms with E-state index < -0.39 is 0 Å². The van der Waals surface area contributed by atoms with Crippen LogP contribution in [0.2, 0.25) is 0 Å². The number of allylic oxidation sites excluding steroid dienone is 4. The van der Waals surface area contributed by atoms with Crippen LogP contribution < -0.4 is 14.5 Å². The molecule has 7 unspecified atom stereocenters. The molecule has 0 N–H and O–H groups in total. The average molecular weight is 493 g/mol. The van der Waals surface area contributed by atoms with E-state index in [2.05, 4.69) is 24.3 Å². The predicted molar refractivity (Wildman–Crippen MR) is 133 cm³/mol. The SMILES string of the molecule is O=C1C2C3C=CC(C3)C2C(=O)N1c1cccc(Oc2cccc(N3C(=O)C4C5C=CC(C5)[C@@H]4C3=O)c2)c1. The number of hydrogen-bond donors (Lipinski definition) is 0. The number of ether oxygens (including phenoxy) is 1. The summed E-state index contributed by atoms with van der Waals surface area (Å²) in [6.07, 6.45) is 10.1. The lowest BCUT2D eigenvalue weighted by Crippen LogP contribution is -2.32. The molecule has 0 radical (unpaired) electrons. The van der Waals surface area contributed by atoms with Crippen molar-refractivity contribution in [3.63, 3.8) is 0 Å². The van der Waals surface area contributed by atoms with Gasteiger partial charge >= 0.3 is 0 Å². The van der Waals surface area contributed by atoms with E-state index in [-0.39, 0.29) is 71.0 Å². The van der Waals surface area contributed by atoms with Gasteiger partial charge in [0.1, 0.15) is 11.5 Å². The Balaban J connectivity index is 1.05. The molecule has 2 saturated carbocycles. The molecule has 7 heteroatoms. The lowest BCUT2D eigenvalue weighted by molar-refractivity contribution is -0.124. The fourth-order valence-corrected chi connectivity index (χ4v) is 7.82. The lowest BCUT2D eigenvalue weighted by Gasteiger charge is -2.19. The molecule has 6 aliphatic rings. The highest BCUT2D eigenvalue weighted by Crippen LogP contribution is 2.54. The number of imide groups is 2. The van der Waals surface area contributed by atoms with Gasteiger partial charge in [-0.05, 0) is 60.8 Å². The first-order valence-corrected chi connectivity index (χ1v) is 13.0. The minimum atomic E-state index is -0.260. The van der Waals surface area contributed by atoms with Crippen molar-refractivity contribution in [1.82, 2.24) is 0 Å². The summed E-state index contributed by atoms with van der Waals surface area (Å²) in [4.78, 5) is 55.4. The van der Waals surface area contributed by atoms with Gasteiger partial charge in [0.2, 0.25) is 23.6 Å². The summed E-state index contributed by atoms with van der Waals surface area (Å²) < 4.78 is 6.09. The van der Waals surface area contributed by atoms with Gasteiger partial charge in [0.15, 0.2) is 0 Å². The number of nitrogens with zero attached hydrogens (tertiary/aromatic N) is 2. The van der Waals surface area contributed by atoms with Gasteiger partial charge in [-0.25, -0.2) is 9.80 Å². The smallest absolute Gasteiger partial charge is 0.238 e. The highest BCUT2D eigenvalue weighted by Gasteiger charge is 2.60. The zero-order valence-corrected chi connectivity index (χ0v) is 19.9. The van der Waals surface area contributed by atoms with E-state index in [4.69, 9.17) is 4.74 Å². The molecule has 4 bridgehead atoms. The predicted octanol–water partition coefficient (Wildman–Crippen LogP) is 4.10. The molecular weight excluding hydrogens is 468 g/mol. The van der Waals surface area contributed by atoms with E-state index in [1.807, 2.05) is 0 Å². The monoisotopic (exact) mass is 492 g/mol. The Bertz CT molecular complexity index is 1310. The minimum Gasteiger partial charge on any atom is -0.457 e. The number of carbonyl (C=O) groups excluding carboxylic acids is 4. The van der Waals surface area contributed by atoms with Gasteiger partial charge in [-0.1, -0.05) is 36.4 Å². The molecule has 8 rings (SSSR count). The largest absolute Gasteiger partial charge is 0.457 e. The van der Waals surface area contributed by atoms with Gasteiger partial charge in [-0.2, -0.15) is 0 Å². The minimum absolute atomic E-state index is 0.133. The van der Waals surface area contributed by atoms with Crippen LogP contribution in [-0.2, 0) is 19.2 Å². The van der Waals surface area contributed by atoms with Gasteiger partial charge in [-0.15, -0.1) is 0 Å². The summed E-state index contributed by atoms with van der Waals surface area (Å²) in [6, 6.07) is 13.9. The van der Waals surface area contributed by atoms with Crippen LogP contribution in [0.3, 0.4) is 0 Å². The molecule has 0 aromatic heterocycles. The number of carbonyl (C=O) groups is 4. The highest BCUT2D eigenvalue weighted by molar-refractivity contribution is 6.23. The average Bonchev–Trinajstić information content (AvgIpc) is 3.73. The second-order valence-electron chi connectivity index (χ2n) is 11.1. The summed E-state index contributed by atoms with van der Waals surface area (Å²) in [5, 5.41) is 0. The molecule has 8 atom stereocenters.